The number of ketones is 1. The lowest BCUT2D eigenvalue weighted by molar-refractivity contribution is 0.102. The Balaban J connectivity index is 2.27. The maximum Gasteiger partial charge on any atom is 0.172 e. The van der Waals surface area contributed by atoms with E-state index in [1.165, 1.54) is 25.0 Å². The lowest BCUT2D eigenvalue weighted by Gasteiger charge is -2.01. The molecule has 0 heterocycles. The van der Waals surface area contributed by atoms with Gasteiger partial charge >= 0.3 is 0 Å². The van der Waals surface area contributed by atoms with E-state index >= 15 is 0 Å². The van der Waals surface area contributed by atoms with Gasteiger partial charge in [-0.25, -0.2) is 4.39 Å². The van der Waals surface area contributed by atoms with Crippen molar-refractivity contribution in [1.29, 1.82) is 0 Å². The average Bonchev–Trinajstić information content (AvgIpc) is 2.29. The van der Waals surface area contributed by atoms with E-state index < -0.39 is 0 Å². The van der Waals surface area contributed by atoms with E-state index in [-0.39, 0.29) is 11.6 Å². The van der Waals surface area contributed by atoms with Crippen LogP contribution in [0.3, 0.4) is 0 Å². The highest BCUT2D eigenvalue weighted by molar-refractivity contribution is 7.99. The van der Waals surface area contributed by atoms with Crippen molar-refractivity contribution >= 4 is 17.5 Å². The van der Waals surface area contributed by atoms with Crippen LogP contribution in [-0.4, -0.2) is 17.3 Å². The second-order valence-electron chi connectivity index (χ2n) is 3.69. The third kappa shape index (κ3) is 4.79. The number of benzene rings is 1. The number of carbonyl (C=O) groups excluding carboxylic acids is 1. The van der Waals surface area contributed by atoms with Gasteiger partial charge in [0, 0.05) is 5.56 Å². The summed E-state index contributed by atoms with van der Waals surface area (Å²) in [6, 6.07) is 5.75. The third-order valence-corrected chi connectivity index (χ3v) is 3.34. The molecule has 0 aliphatic heterocycles. The van der Waals surface area contributed by atoms with Gasteiger partial charge in [0.1, 0.15) is 5.82 Å². The molecule has 0 aliphatic carbocycles. The Morgan fingerprint density at radius 2 is 1.94 bits per heavy atom. The van der Waals surface area contributed by atoms with Gasteiger partial charge in [-0.15, -0.1) is 0 Å². The number of rotatable bonds is 7. The van der Waals surface area contributed by atoms with E-state index in [4.69, 9.17) is 0 Å². The highest BCUT2D eigenvalue weighted by Gasteiger charge is 2.05. The summed E-state index contributed by atoms with van der Waals surface area (Å²) in [5, 5.41) is 0. The van der Waals surface area contributed by atoms with Crippen LogP contribution in [0.2, 0.25) is 0 Å². The van der Waals surface area contributed by atoms with Crippen molar-refractivity contribution in [2.24, 2.45) is 0 Å². The van der Waals surface area contributed by atoms with E-state index in [0.29, 0.717) is 11.3 Å². The van der Waals surface area contributed by atoms with Crippen molar-refractivity contribution in [3.05, 3.63) is 35.6 Å². The lowest BCUT2D eigenvalue weighted by atomic mass is 10.1. The van der Waals surface area contributed by atoms with E-state index in [9.17, 15) is 9.18 Å². The maximum atomic E-state index is 12.6. The first-order chi connectivity index (χ1) is 7.74. The van der Waals surface area contributed by atoms with Crippen LogP contribution in [-0.2, 0) is 0 Å². The second-order valence-corrected chi connectivity index (χ2v) is 4.79. The Bertz CT molecular complexity index is 321. The van der Waals surface area contributed by atoms with Gasteiger partial charge in [-0.3, -0.25) is 4.79 Å². The van der Waals surface area contributed by atoms with Crippen molar-refractivity contribution < 1.29 is 9.18 Å². The number of hydrogen-bond donors (Lipinski definition) is 0. The first-order valence-electron chi connectivity index (χ1n) is 5.60. The Morgan fingerprint density at radius 3 is 2.56 bits per heavy atom. The fourth-order valence-corrected chi connectivity index (χ4v) is 2.24. The van der Waals surface area contributed by atoms with Crippen molar-refractivity contribution in [3.63, 3.8) is 0 Å². The molecule has 0 N–H and O–H groups in total. The summed E-state index contributed by atoms with van der Waals surface area (Å²) in [6.45, 7) is 2.16. The van der Waals surface area contributed by atoms with Gasteiger partial charge in [-0.2, -0.15) is 11.8 Å². The molecule has 1 aromatic carbocycles. The monoisotopic (exact) mass is 240 g/mol. The number of carbonyl (C=O) groups is 1. The van der Waals surface area contributed by atoms with Gasteiger partial charge in [0.15, 0.2) is 5.78 Å². The number of Topliss-reactive ketones (excluding diaryl/α,β-unsaturated/α-hetero) is 1. The molecule has 1 aromatic rings. The molecule has 0 fully saturated rings. The van der Waals surface area contributed by atoms with Crippen LogP contribution in [0.5, 0.6) is 0 Å². The minimum atomic E-state index is -0.299. The van der Waals surface area contributed by atoms with Crippen LogP contribution in [0.25, 0.3) is 0 Å². The first-order valence-corrected chi connectivity index (χ1v) is 6.76. The third-order valence-electron chi connectivity index (χ3n) is 2.29. The fourth-order valence-electron chi connectivity index (χ4n) is 1.34. The van der Waals surface area contributed by atoms with Crippen molar-refractivity contribution in [3.8, 4) is 0 Å². The van der Waals surface area contributed by atoms with Crippen LogP contribution in [0.15, 0.2) is 24.3 Å². The molecular formula is C13H17FOS. The normalized spacial score (nSPS) is 10.4. The highest BCUT2D eigenvalue weighted by Crippen LogP contribution is 2.10. The summed E-state index contributed by atoms with van der Waals surface area (Å²) >= 11 is 1.66. The minimum Gasteiger partial charge on any atom is -0.293 e. The molecule has 1 rings (SSSR count). The molecule has 0 radical (unpaired) electrons. The number of thioether (sulfide) groups is 1. The molecule has 0 bridgehead atoms. The fraction of sp³-hybridized carbons (Fsp3) is 0.462. The Kier molecular flexibility index (Phi) is 6.16. The van der Waals surface area contributed by atoms with Crippen LogP contribution in [0.1, 0.15) is 36.5 Å². The SMILES string of the molecule is CCCCCSCC(=O)c1ccc(F)cc1. The van der Waals surface area contributed by atoms with E-state index in [1.54, 1.807) is 23.9 Å². The van der Waals surface area contributed by atoms with Crippen LogP contribution < -0.4 is 0 Å². The minimum absolute atomic E-state index is 0.0847. The van der Waals surface area contributed by atoms with E-state index in [2.05, 4.69) is 6.92 Å². The topological polar surface area (TPSA) is 17.1 Å². The van der Waals surface area contributed by atoms with Gasteiger partial charge in [0.25, 0.3) is 0 Å². The van der Waals surface area contributed by atoms with E-state index in [1.807, 2.05) is 0 Å². The summed E-state index contributed by atoms with van der Waals surface area (Å²) < 4.78 is 12.6. The standard InChI is InChI=1S/C13H17FOS/c1-2-3-4-9-16-10-13(15)11-5-7-12(14)8-6-11/h5-8H,2-4,9-10H2,1H3. The van der Waals surface area contributed by atoms with Crippen LogP contribution >= 0.6 is 11.8 Å². The zero-order chi connectivity index (χ0) is 11.8. The summed E-state index contributed by atoms with van der Waals surface area (Å²) in [6.07, 6.45) is 3.59. The van der Waals surface area contributed by atoms with Gasteiger partial charge < -0.3 is 0 Å². The molecule has 16 heavy (non-hydrogen) atoms. The molecule has 0 aromatic heterocycles. The summed E-state index contributed by atoms with van der Waals surface area (Å²) in [7, 11) is 0. The van der Waals surface area contributed by atoms with Crippen molar-refractivity contribution in [2.75, 3.05) is 11.5 Å². The van der Waals surface area contributed by atoms with Crippen molar-refractivity contribution in [1.82, 2.24) is 0 Å². The van der Waals surface area contributed by atoms with Gasteiger partial charge in [0.05, 0.1) is 5.75 Å². The van der Waals surface area contributed by atoms with Gasteiger partial charge in [-0.1, -0.05) is 19.8 Å². The Labute approximate surface area is 100 Å². The summed E-state index contributed by atoms with van der Waals surface area (Å²) in [5.74, 6) is 1.31. The lowest BCUT2D eigenvalue weighted by Crippen LogP contribution is -2.02. The molecule has 0 unspecified atom stereocenters. The highest BCUT2D eigenvalue weighted by atomic mass is 32.2. The molecule has 0 saturated carbocycles. The van der Waals surface area contributed by atoms with Crippen molar-refractivity contribution in [2.45, 2.75) is 26.2 Å². The van der Waals surface area contributed by atoms with Gasteiger partial charge in [-0.05, 0) is 36.4 Å². The summed E-state index contributed by atoms with van der Waals surface area (Å²) in [4.78, 5) is 11.6. The molecule has 0 aliphatic rings. The van der Waals surface area contributed by atoms with Gasteiger partial charge in [0.2, 0.25) is 0 Å². The number of hydrogen-bond acceptors (Lipinski definition) is 2. The first kappa shape index (κ1) is 13.2. The molecule has 88 valence electrons. The molecule has 0 spiro atoms. The smallest absolute Gasteiger partial charge is 0.172 e. The molecular weight excluding hydrogens is 223 g/mol. The second kappa shape index (κ2) is 7.44. The molecule has 1 nitrogen and oxygen atoms in total. The number of halogens is 1. The Morgan fingerprint density at radius 1 is 1.25 bits per heavy atom. The maximum absolute atomic E-state index is 12.6. The molecule has 0 atom stereocenters. The molecule has 3 heteroatoms. The molecule has 0 amide bonds. The van der Waals surface area contributed by atoms with Crippen LogP contribution in [0, 0.1) is 5.82 Å². The zero-order valence-electron chi connectivity index (χ0n) is 9.54. The zero-order valence-corrected chi connectivity index (χ0v) is 10.4. The van der Waals surface area contributed by atoms with Crippen LogP contribution in [0.4, 0.5) is 4.39 Å². The number of unbranched alkanes of at least 4 members (excludes halogenated alkanes) is 2. The molecule has 0 saturated heterocycles. The largest absolute Gasteiger partial charge is 0.293 e. The Hall–Kier alpha value is -0.830. The predicted molar refractivity (Wildman–Crippen MR) is 67.6 cm³/mol. The quantitative estimate of drug-likeness (QED) is 0.530. The summed E-state index contributed by atoms with van der Waals surface area (Å²) in [5.41, 5.74) is 0.601. The predicted octanol–water partition coefficient (Wildman–Crippen LogP) is 3.93. The average molecular weight is 240 g/mol. The van der Waals surface area contributed by atoms with E-state index in [0.717, 1.165) is 12.2 Å².